The van der Waals surface area contributed by atoms with Gasteiger partial charge < -0.3 is 19.8 Å². The van der Waals surface area contributed by atoms with Gasteiger partial charge in [0.25, 0.3) is 11.5 Å². The highest BCUT2D eigenvalue weighted by Gasteiger charge is 2.34. The molecule has 1 aliphatic heterocycles. The quantitative estimate of drug-likeness (QED) is 0.388. The Hall–Kier alpha value is -5.21. The van der Waals surface area contributed by atoms with Crippen molar-refractivity contribution in [2.45, 2.75) is 19.3 Å². The van der Waals surface area contributed by atoms with Gasteiger partial charge in [-0.05, 0) is 54.8 Å². The van der Waals surface area contributed by atoms with Gasteiger partial charge in [0.15, 0.2) is 11.4 Å². The van der Waals surface area contributed by atoms with E-state index >= 15 is 0 Å². The number of ether oxygens (including phenoxy) is 1. The van der Waals surface area contributed by atoms with Crippen LogP contribution in [0.1, 0.15) is 39.4 Å². The van der Waals surface area contributed by atoms with Crippen LogP contribution in [0.25, 0.3) is 17.1 Å². The second-order valence-electron chi connectivity index (χ2n) is 9.29. The molecule has 5 rings (SSSR count). The third-order valence-corrected chi connectivity index (χ3v) is 6.85. The highest BCUT2D eigenvalue weighted by atomic mass is 16.5. The van der Waals surface area contributed by atoms with Gasteiger partial charge in [-0.15, -0.1) is 6.42 Å². The van der Waals surface area contributed by atoms with E-state index in [0.29, 0.717) is 25.1 Å². The number of aryl methyl sites for hydroxylation is 1. The fourth-order valence-electron chi connectivity index (χ4n) is 4.98. The van der Waals surface area contributed by atoms with E-state index in [1.54, 1.807) is 24.3 Å². The molecule has 0 radical (unpaired) electrons. The number of aromatic hydroxyl groups is 2. The Bertz CT molecular complexity index is 1680. The molecule has 39 heavy (non-hydrogen) atoms. The Morgan fingerprint density at radius 1 is 1.21 bits per heavy atom. The molecule has 2 N–H and O–H groups in total. The summed E-state index contributed by atoms with van der Waals surface area (Å²) in [5.41, 5.74) is 1.46. The molecule has 0 bridgehead atoms. The van der Waals surface area contributed by atoms with Crippen LogP contribution >= 0.6 is 0 Å². The van der Waals surface area contributed by atoms with E-state index in [-0.39, 0.29) is 28.9 Å². The maximum absolute atomic E-state index is 13.7. The largest absolute Gasteiger partial charge is 0.506 e. The lowest BCUT2D eigenvalue weighted by Gasteiger charge is -2.21. The summed E-state index contributed by atoms with van der Waals surface area (Å²) in [6.07, 6.45) is 6.32. The first-order chi connectivity index (χ1) is 18.8. The number of methoxy groups -OCH3 is 1. The lowest BCUT2D eigenvalue weighted by Crippen LogP contribution is -2.34. The minimum atomic E-state index is -0.902. The number of phenols is 1. The van der Waals surface area contributed by atoms with Crippen LogP contribution in [0.3, 0.4) is 0 Å². The first-order valence-electron chi connectivity index (χ1n) is 12.3. The molecule has 194 valence electrons. The van der Waals surface area contributed by atoms with Gasteiger partial charge in [0.1, 0.15) is 17.2 Å². The molecule has 1 aliphatic rings. The molecule has 0 spiro atoms. The number of nitrogens with zero attached hydrogens (tertiary/aromatic N) is 3. The lowest BCUT2D eigenvalue weighted by molar-refractivity contribution is 0.0784. The van der Waals surface area contributed by atoms with Crippen molar-refractivity contribution in [3.05, 3.63) is 99.3 Å². The third kappa shape index (κ3) is 4.54. The summed E-state index contributed by atoms with van der Waals surface area (Å²) in [4.78, 5) is 32.7. The lowest BCUT2D eigenvalue weighted by atomic mass is 9.94. The number of rotatable bonds is 5. The summed E-state index contributed by atoms with van der Waals surface area (Å²) in [6, 6.07) is 21.3. The molecule has 1 amide bonds. The summed E-state index contributed by atoms with van der Waals surface area (Å²) in [7, 11) is 1.40. The Labute approximate surface area is 225 Å². The monoisotopic (exact) mass is 519 g/mol. The van der Waals surface area contributed by atoms with E-state index in [2.05, 4.69) is 23.0 Å². The minimum Gasteiger partial charge on any atom is -0.506 e. The summed E-state index contributed by atoms with van der Waals surface area (Å²) in [6.45, 7) is 2.51. The van der Waals surface area contributed by atoms with E-state index in [0.717, 1.165) is 21.3 Å². The Morgan fingerprint density at radius 2 is 2.00 bits per heavy atom. The molecule has 0 saturated carbocycles. The number of hydrogen-bond donors (Lipinski definition) is 2. The van der Waals surface area contributed by atoms with E-state index in [1.165, 1.54) is 18.1 Å². The van der Waals surface area contributed by atoms with Gasteiger partial charge in [0.2, 0.25) is 5.88 Å². The number of benzene rings is 2. The number of terminal acetylenes is 1. The summed E-state index contributed by atoms with van der Waals surface area (Å²) >= 11 is 0. The molecule has 8 heteroatoms. The van der Waals surface area contributed by atoms with Crippen molar-refractivity contribution in [3.8, 4) is 46.8 Å². The number of carbonyl (C=O) groups excluding carboxylic acids is 1. The van der Waals surface area contributed by atoms with Gasteiger partial charge in [-0.2, -0.15) is 4.98 Å². The van der Waals surface area contributed by atoms with Crippen LogP contribution in [0.15, 0.2) is 59.4 Å². The van der Waals surface area contributed by atoms with Crippen molar-refractivity contribution < 1.29 is 19.7 Å². The number of carbonyl (C=O) groups is 1. The summed E-state index contributed by atoms with van der Waals surface area (Å²) < 4.78 is 6.58. The molecule has 1 atom stereocenters. The molecular weight excluding hydrogens is 494 g/mol. The topological polar surface area (TPSA) is 105 Å². The molecular formula is C31H25N3O5. The first kappa shape index (κ1) is 25.4. The molecule has 1 aromatic heterocycles. The number of aromatic nitrogens is 2. The van der Waals surface area contributed by atoms with Gasteiger partial charge >= 0.3 is 0 Å². The SMILES string of the molecule is C#Cc1ccccc1C1CCN(C(=O)c2c(O)n(-c3c(O)cccc3OC)c(-c3c#ccc(C)c3)nc2=O)C1. The highest BCUT2D eigenvalue weighted by Crippen LogP contribution is 2.38. The van der Waals surface area contributed by atoms with Gasteiger partial charge in [-0.3, -0.25) is 14.2 Å². The van der Waals surface area contributed by atoms with Crippen LogP contribution in [-0.2, 0) is 0 Å². The van der Waals surface area contributed by atoms with Crippen molar-refractivity contribution >= 4 is 5.91 Å². The van der Waals surface area contributed by atoms with E-state index < -0.39 is 22.9 Å². The minimum absolute atomic E-state index is 0.0196. The summed E-state index contributed by atoms with van der Waals surface area (Å²) in [5.74, 6) is 1.24. The molecule has 1 unspecified atom stereocenters. The molecule has 1 saturated heterocycles. The van der Waals surface area contributed by atoms with Crippen molar-refractivity contribution in [2.24, 2.45) is 0 Å². The van der Waals surface area contributed by atoms with Crippen LogP contribution in [0.2, 0.25) is 0 Å². The number of amides is 1. The third-order valence-electron chi connectivity index (χ3n) is 6.85. The normalized spacial score (nSPS) is 14.5. The van der Waals surface area contributed by atoms with Crippen molar-refractivity contribution in [2.75, 3.05) is 20.2 Å². The second-order valence-corrected chi connectivity index (χ2v) is 9.29. The maximum atomic E-state index is 13.7. The van der Waals surface area contributed by atoms with Crippen LogP contribution in [0, 0.1) is 31.4 Å². The van der Waals surface area contributed by atoms with Crippen LogP contribution in [0.4, 0.5) is 0 Å². The molecule has 1 fully saturated rings. The zero-order chi connectivity index (χ0) is 27.7. The van der Waals surface area contributed by atoms with Crippen LogP contribution < -0.4 is 10.3 Å². The number of phenolic OH excluding ortho intramolecular Hbond substituents is 1. The summed E-state index contributed by atoms with van der Waals surface area (Å²) in [5, 5.41) is 22.3. The number of para-hydroxylation sites is 1. The Kier molecular flexibility index (Phi) is 6.70. The van der Waals surface area contributed by atoms with Crippen LogP contribution in [-0.4, -0.2) is 50.8 Å². The zero-order valence-electron chi connectivity index (χ0n) is 21.4. The van der Waals surface area contributed by atoms with Crippen LogP contribution in [0.5, 0.6) is 17.4 Å². The van der Waals surface area contributed by atoms with Crippen molar-refractivity contribution in [1.29, 1.82) is 0 Å². The van der Waals surface area contributed by atoms with Gasteiger partial charge in [0.05, 0.1) is 12.7 Å². The van der Waals surface area contributed by atoms with E-state index in [9.17, 15) is 19.8 Å². The average molecular weight is 520 g/mol. The van der Waals surface area contributed by atoms with Gasteiger partial charge in [0, 0.05) is 24.6 Å². The fraction of sp³-hybridized carbons (Fsp3) is 0.194. The fourth-order valence-corrected chi connectivity index (χ4v) is 4.98. The second kappa shape index (κ2) is 10.3. The smallest absolute Gasteiger partial charge is 0.290 e. The zero-order valence-corrected chi connectivity index (χ0v) is 21.4. The molecule has 0 aliphatic carbocycles. The van der Waals surface area contributed by atoms with Crippen molar-refractivity contribution in [1.82, 2.24) is 14.5 Å². The standard InChI is InChI=1S/C31H25N3O5/c1-4-20-10-5-6-12-23(20)22-15-16-33(18-22)30(37)26-29(36)32-28(21-11-7-9-19(2)17-21)34(31(26)38)27-24(35)13-8-14-25(27)39-3/h1,5-6,8-10,12-14,17,22,35,38H,15-16,18H2,2-3H3. The predicted molar refractivity (Wildman–Crippen MR) is 145 cm³/mol. The van der Waals surface area contributed by atoms with Crippen molar-refractivity contribution in [3.63, 3.8) is 0 Å². The Morgan fingerprint density at radius 3 is 2.74 bits per heavy atom. The molecule has 3 aromatic carbocycles. The average Bonchev–Trinajstić information content (AvgIpc) is 3.43. The Balaban J connectivity index is 1.64. The van der Waals surface area contributed by atoms with E-state index in [1.807, 2.05) is 31.2 Å². The molecule has 8 nitrogen and oxygen atoms in total. The predicted octanol–water partition coefficient (Wildman–Crippen LogP) is 3.84. The first-order valence-corrected chi connectivity index (χ1v) is 12.3. The molecule has 4 aromatic rings. The maximum Gasteiger partial charge on any atom is 0.290 e. The van der Waals surface area contributed by atoms with Gasteiger partial charge in [-0.25, -0.2) is 0 Å². The number of hydrogen-bond acceptors (Lipinski definition) is 6. The number of likely N-dealkylation sites (tertiary alicyclic amines) is 1. The molecule has 2 heterocycles. The van der Waals surface area contributed by atoms with Gasteiger partial charge in [-0.1, -0.05) is 42.3 Å². The highest BCUT2D eigenvalue weighted by molar-refractivity contribution is 5.97. The van der Waals surface area contributed by atoms with E-state index in [4.69, 9.17) is 11.2 Å².